The SMILES string of the molecule is [C-]#N.[C-]#N.[C-]#N.[C-]#N.[C-]#N.[C-]#N.[Fe+2].[Fe+2].[Li+].[Li+]. The summed E-state index contributed by atoms with van der Waals surface area (Å²) in [5, 5.41) is 37.5. The van der Waals surface area contributed by atoms with Crippen molar-refractivity contribution in [1.82, 2.24) is 0 Å². The van der Waals surface area contributed by atoms with Crippen LogP contribution in [0.5, 0.6) is 0 Å². The van der Waals surface area contributed by atoms with Crippen LogP contribution in [0, 0.1) is 71.0 Å². The van der Waals surface area contributed by atoms with Gasteiger partial charge >= 0.3 is 71.9 Å². The van der Waals surface area contributed by atoms with Crippen molar-refractivity contribution in [2.45, 2.75) is 0 Å². The molecule has 6 nitrogen and oxygen atoms in total. The smallest absolute Gasteiger partial charge is 0.512 e. The van der Waals surface area contributed by atoms with Crippen LogP contribution in [-0.2, 0) is 34.1 Å². The van der Waals surface area contributed by atoms with Crippen LogP contribution in [0.4, 0.5) is 0 Å². The molecule has 0 saturated heterocycles. The van der Waals surface area contributed by atoms with Crippen molar-refractivity contribution in [2.75, 3.05) is 0 Å². The van der Waals surface area contributed by atoms with Gasteiger partial charge in [-0.2, -0.15) is 0 Å². The first-order valence-electron chi connectivity index (χ1n) is 1.34. The van der Waals surface area contributed by atoms with Crippen molar-refractivity contribution < 1.29 is 71.9 Å². The molecule has 0 fully saturated rings. The molecule has 0 aromatic rings. The molecule has 0 aromatic heterocycles. The Morgan fingerprint density at radius 1 is 0.312 bits per heavy atom. The van der Waals surface area contributed by atoms with Gasteiger partial charge in [0.15, 0.2) is 0 Å². The number of rotatable bonds is 0. The van der Waals surface area contributed by atoms with Crippen LogP contribution in [0.25, 0.3) is 0 Å². The van der Waals surface area contributed by atoms with Gasteiger partial charge < -0.3 is 71.0 Å². The molecule has 0 heterocycles. The maximum absolute atomic E-state index is 6.25. The van der Waals surface area contributed by atoms with Crippen molar-refractivity contribution in [3.63, 3.8) is 0 Å². The molecule has 0 aromatic carbocycles. The normalized spacial score (nSPS) is 0.750. The third kappa shape index (κ3) is 2860. The molecule has 0 aliphatic rings. The summed E-state index contributed by atoms with van der Waals surface area (Å²) in [5.74, 6) is 0. The third-order valence-electron chi connectivity index (χ3n) is 0. The minimum Gasteiger partial charge on any atom is -0.512 e. The maximum Gasteiger partial charge on any atom is 2.00 e. The van der Waals surface area contributed by atoms with Crippen LogP contribution in [0.3, 0.4) is 0 Å². The van der Waals surface area contributed by atoms with Crippen LogP contribution < -0.4 is 37.7 Å². The number of nitrogens with zero attached hydrogens (tertiary/aromatic N) is 6. The first kappa shape index (κ1) is 114. The Kier molecular flexibility index (Phi) is 25600. The Morgan fingerprint density at radius 3 is 0.312 bits per heavy atom. The molecule has 0 unspecified atom stereocenters. The summed E-state index contributed by atoms with van der Waals surface area (Å²) in [6.45, 7) is 28.5. The molecule has 0 radical (unpaired) electrons. The zero-order chi connectivity index (χ0) is 12.0. The number of hydrogen-bond acceptors (Lipinski definition) is 6. The van der Waals surface area contributed by atoms with Crippen LogP contribution in [0.1, 0.15) is 0 Å². The van der Waals surface area contributed by atoms with E-state index in [1.54, 1.807) is 0 Å². The average Bonchev–Trinajstić information content (AvgIpc) is 2.33. The summed E-state index contributed by atoms with van der Waals surface area (Å²) in [4.78, 5) is 0. The minimum atomic E-state index is 0. The van der Waals surface area contributed by atoms with Gasteiger partial charge in [0.1, 0.15) is 0 Å². The van der Waals surface area contributed by atoms with Crippen molar-refractivity contribution in [3.8, 4) is 0 Å². The second-order valence-electron chi connectivity index (χ2n) is 0. The fourth-order valence-corrected chi connectivity index (χ4v) is 0. The van der Waals surface area contributed by atoms with Gasteiger partial charge in [0, 0.05) is 0 Å². The van der Waals surface area contributed by atoms with Crippen LogP contribution >= 0.6 is 0 Å². The Labute approximate surface area is 142 Å². The summed E-state index contributed by atoms with van der Waals surface area (Å²) in [6.07, 6.45) is 0. The van der Waals surface area contributed by atoms with Crippen LogP contribution in [0.2, 0.25) is 0 Å². The fourth-order valence-electron chi connectivity index (χ4n) is 0. The van der Waals surface area contributed by atoms with E-state index in [4.69, 9.17) is 71.0 Å². The average molecular weight is 282 g/mol. The summed E-state index contributed by atoms with van der Waals surface area (Å²) in [7, 11) is 0. The van der Waals surface area contributed by atoms with Gasteiger partial charge in [0.05, 0.1) is 0 Å². The summed E-state index contributed by atoms with van der Waals surface area (Å²) in [6, 6.07) is 0. The summed E-state index contributed by atoms with van der Waals surface area (Å²) < 4.78 is 0. The molecule has 0 saturated carbocycles. The minimum absolute atomic E-state index is 0. The van der Waals surface area contributed by atoms with Gasteiger partial charge in [-0.25, -0.2) is 0 Å². The van der Waals surface area contributed by atoms with E-state index in [2.05, 4.69) is 0 Å². The predicted octanol–water partition coefficient (Wildman–Crippen LogP) is -5.42. The van der Waals surface area contributed by atoms with E-state index >= 15 is 0 Å². The van der Waals surface area contributed by atoms with Gasteiger partial charge in [-0.3, -0.25) is 0 Å². The zero-order valence-electron chi connectivity index (χ0n) is 8.39. The molecule has 10 heteroatoms. The van der Waals surface area contributed by atoms with E-state index in [1.165, 1.54) is 0 Å². The van der Waals surface area contributed by atoms with Crippen LogP contribution in [0.15, 0.2) is 0 Å². The Hall–Kier alpha value is -0.826. The maximum atomic E-state index is 6.25. The van der Waals surface area contributed by atoms with E-state index in [0.29, 0.717) is 0 Å². The molecule has 0 spiro atoms. The Morgan fingerprint density at radius 2 is 0.312 bits per heavy atom. The van der Waals surface area contributed by atoms with E-state index in [1.807, 2.05) is 0 Å². The van der Waals surface area contributed by atoms with E-state index in [0.717, 1.165) is 0 Å². The van der Waals surface area contributed by atoms with Gasteiger partial charge in [-0.05, 0) is 0 Å². The van der Waals surface area contributed by atoms with E-state index < -0.39 is 0 Å². The Balaban J connectivity index is -0.00000000321. The molecular weight excluding hydrogens is 282 g/mol. The first-order valence-corrected chi connectivity index (χ1v) is 1.34. The van der Waals surface area contributed by atoms with E-state index in [9.17, 15) is 0 Å². The Bertz CT molecular complexity index is 104. The van der Waals surface area contributed by atoms with Crippen molar-refractivity contribution >= 4 is 0 Å². The molecule has 0 bridgehead atoms. The molecule has 0 N–H and O–H groups in total. The molecule has 0 aliphatic carbocycles. The monoisotopic (exact) mass is 282 g/mol. The molecule has 72 valence electrons. The molecule has 0 atom stereocenters. The molecule has 0 aliphatic heterocycles. The van der Waals surface area contributed by atoms with Gasteiger partial charge in [0.25, 0.3) is 0 Å². The van der Waals surface area contributed by atoms with Crippen molar-refractivity contribution in [1.29, 1.82) is 31.6 Å². The van der Waals surface area contributed by atoms with Crippen LogP contribution in [-0.4, -0.2) is 0 Å². The second kappa shape index (κ2) is 3600. The molecule has 16 heavy (non-hydrogen) atoms. The largest absolute Gasteiger partial charge is 2.00 e. The molecular formula is C6Fe2Li2N6. The predicted molar refractivity (Wildman–Crippen MR) is 29.8 cm³/mol. The zero-order valence-corrected chi connectivity index (χ0v) is 10.6. The fraction of sp³-hybridized carbons (Fsp3) is 0. The summed E-state index contributed by atoms with van der Waals surface area (Å²) >= 11 is 0. The topological polar surface area (TPSA) is 143 Å². The first-order chi connectivity index (χ1) is 6.00. The van der Waals surface area contributed by atoms with Crippen molar-refractivity contribution in [3.05, 3.63) is 39.4 Å². The van der Waals surface area contributed by atoms with Gasteiger partial charge in [-0.15, -0.1) is 0 Å². The van der Waals surface area contributed by atoms with Crippen molar-refractivity contribution in [2.24, 2.45) is 0 Å². The standard InChI is InChI=1S/6CN.2Fe.2Li/c6*1-2;;;;/q6*-1;2*+2;2*+1. The number of hydrogen-bond donors (Lipinski definition) is 0. The third-order valence-corrected chi connectivity index (χ3v) is 0. The summed E-state index contributed by atoms with van der Waals surface area (Å²) in [5.41, 5.74) is 0. The van der Waals surface area contributed by atoms with E-state index in [-0.39, 0.29) is 71.9 Å². The molecule has 0 rings (SSSR count). The second-order valence-corrected chi connectivity index (χ2v) is 0. The molecule has 0 amide bonds. The quantitative estimate of drug-likeness (QED) is 0.320. The van der Waals surface area contributed by atoms with Gasteiger partial charge in [0.2, 0.25) is 0 Å². The van der Waals surface area contributed by atoms with Gasteiger partial charge in [-0.1, -0.05) is 0 Å².